The van der Waals surface area contributed by atoms with Gasteiger partial charge < -0.3 is 20.1 Å². The number of amides is 3. The third-order valence-corrected chi connectivity index (χ3v) is 8.17. The van der Waals surface area contributed by atoms with Crippen molar-refractivity contribution in [3.63, 3.8) is 0 Å². The van der Waals surface area contributed by atoms with Crippen molar-refractivity contribution >= 4 is 80.1 Å². The van der Waals surface area contributed by atoms with E-state index >= 15 is 0 Å². The van der Waals surface area contributed by atoms with E-state index in [4.69, 9.17) is 23.2 Å². The third-order valence-electron chi connectivity index (χ3n) is 6.37. The Balaban J connectivity index is 0.000000270. The molecule has 12 heteroatoms. The summed E-state index contributed by atoms with van der Waals surface area (Å²) < 4.78 is 1.95. The molecule has 206 valence electrons. The van der Waals surface area contributed by atoms with Crippen molar-refractivity contribution in [2.75, 3.05) is 36.4 Å². The molecule has 1 unspecified atom stereocenters. The van der Waals surface area contributed by atoms with E-state index in [1.165, 1.54) is 12.6 Å². The van der Waals surface area contributed by atoms with Crippen molar-refractivity contribution in [3.05, 3.63) is 58.2 Å². The lowest BCUT2D eigenvalue weighted by molar-refractivity contribution is -0.123. The second-order valence-corrected chi connectivity index (χ2v) is 11.1. The smallest absolute Gasteiger partial charge is 0.286 e. The molecule has 0 bridgehead atoms. The molecule has 2 fully saturated rings. The van der Waals surface area contributed by atoms with Crippen LogP contribution in [0.4, 0.5) is 16.2 Å². The van der Waals surface area contributed by atoms with E-state index in [1.807, 2.05) is 41.8 Å². The molecule has 1 atom stereocenters. The standard InChI is InChI=1S/C21H22Cl2N4O.C6H7NO3S/c1-2-27-18-8-7-17(22)20(23)16(18)13-19(27)21(28)25-14-3-5-15(6-4-14)26-11-9-24-10-12-26;1-3(8)2-4-5(9)7-6(10)11-4/h3-8,13,24H,2,9-12H2,1H3,(H,25,28);4H,2H2,1H3,(H,7,9,10). The molecule has 2 aliphatic heterocycles. The Labute approximate surface area is 240 Å². The van der Waals surface area contributed by atoms with Gasteiger partial charge in [0.25, 0.3) is 11.1 Å². The first-order valence-corrected chi connectivity index (χ1v) is 14.2. The van der Waals surface area contributed by atoms with Crippen LogP contribution in [-0.4, -0.2) is 58.8 Å². The van der Waals surface area contributed by atoms with E-state index in [0.29, 0.717) is 22.3 Å². The Bertz CT molecular complexity index is 1400. The summed E-state index contributed by atoms with van der Waals surface area (Å²) in [5.74, 6) is -0.595. The van der Waals surface area contributed by atoms with E-state index < -0.39 is 5.25 Å². The van der Waals surface area contributed by atoms with Crippen LogP contribution in [0.15, 0.2) is 42.5 Å². The minimum atomic E-state index is -0.500. The van der Waals surface area contributed by atoms with Crippen molar-refractivity contribution in [2.45, 2.75) is 32.1 Å². The van der Waals surface area contributed by atoms with Gasteiger partial charge in [0.15, 0.2) is 0 Å². The van der Waals surface area contributed by atoms with Gasteiger partial charge in [-0.05, 0) is 56.3 Å². The normalized spacial score (nSPS) is 17.0. The lowest BCUT2D eigenvalue weighted by Gasteiger charge is -2.29. The largest absolute Gasteiger partial charge is 0.369 e. The molecular formula is C27H29Cl2N5O4S. The maximum atomic E-state index is 12.9. The zero-order valence-electron chi connectivity index (χ0n) is 21.6. The number of thioether (sulfide) groups is 1. The summed E-state index contributed by atoms with van der Waals surface area (Å²) in [6.07, 6.45) is 0.141. The number of imide groups is 1. The fourth-order valence-corrected chi connectivity index (χ4v) is 5.75. The molecule has 3 N–H and O–H groups in total. The maximum absolute atomic E-state index is 12.9. The number of rotatable bonds is 6. The summed E-state index contributed by atoms with van der Waals surface area (Å²) in [4.78, 5) is 47.2. The summed E-state index contributed by atoms with van der Waals surface area (Å²) in [6, 6.07) is 13.4. The topological polar surface area (TPSA) is 113 Å². The Morgan fingerprint density at radius 3 is 2.36 bits per heavy atom. The number of fused-ring (bicyclic) bond motifs is 1. The summed E-state index contributed by atoms with van der Waals surface area (Å²) in [5.41, 5.74) is 3.40. The molecule has 3 amide bonds. The van der Waals surface area contributed by atoms with Crippen LogP contribution in [0, 0.1) is 0 Å². The van der Waals surface area contributed by atoms with Gasteiger partial charge in [-0.1, -0.05) is 35.0 Å². The number of benzene rings is 2. The summed E-state index contributed by atoms with van der Waals surface area (Å²) in [7, 11) is 0. The van der Waals surface area contributed by atoms with Gasteiger partial charge in [-0.15, -0.1) is 0 Å². The van der Waals surface area contributed by atoms with Crippen molar-refractivity contribution in [1.29, 1.82) is 0 Å². The van der Waals surface area contributed by atoms with Crippen LogP contribution in [0.5, 0.6) is 0 Å². The van der Waals surface area contributed by atoms with Gasteiger partial charge in [0.1, 0.15) is 16.7 Å². The number of nitrogens with one attached hydrogen (secondary N) is 3. The number of ketones is 1. The SMILES string of the molecule is CC(=O)CC1SC(=O)NC1=O.CCn1c(C(=O)Nc2ccc(N3CCNCC3)cc2)cc2c(Cl)c(Cl)ccc21. The summed E-state index contributed by atoms with van der Waals surface area (Å²) in [6.45, 7) is 8.03. The highest BCUT2D eigenvalue weighted by Crippen LogP contribution is 2.33. The van der Waals surface area contributed by atoms with Gasteiger partial charge in [0, 0.05) is 55.9 Å². The number of aryl methyl sites for hydroxylation is 1. The van der Waals surface area contributed by atoms with E-state index in [-0.39, 0.29) is 29.3 Å². The number of carbonyl (C=O) groups excluding carboxylic acids is 4. The number of nitrogens with zero attached hydrogens (tertiary/aromatic N) is 2. The predicted molar refractivity (Wildman–Crippen MR) is 157 cm³/mol. The molecule has 2 saturated heterocycles. The van der Waals surface area contributed by atoms with Crippen molar-refractivity contribution in [2.24, 2.45) is 0 Å². The number of halogens is 2. The molecule has 9 nitrogen and oxygen atoms in total. The van der Waals surface area contributed by atoms with Crippen LogP contribution in [0.1, 0.15) is 30.8 Å². The van der Waals surface area contributed by atoms with Gasteiger partial charge in [0.05, 0.1) is 15.6 Å². The third kappa shape index (κ3) is 6.94. The zero-order valence-corrected chi connectivity index (χ0v) is 23.9. The number of hydrogen-bond acceptors (Lipinski definition) is 7. The second kappa shape index (κ2) is 12.9. The number of aromatic nitrogens is 1. The number of carbonyl (C=O) groups is 4. The van der Waals surface area contributed by atoms with Gasteiger partial charge in [-0.2, -0.15) is 0 Å². The van der Waals surface area contributed by atoms with Gasteiger partial charge in [0.2, 0.25) is 5.91 Å². The molecule has 39 heavy (non-hydrogen) atoms. The first kappa shape index (κ1) is 28.9. The molecule has 0 saturated carbocycles. The van der Waals surface area contributed by atoms with Crippen LogP contribution in [0.3, 0.4) is 0 Å². The van der Waals surface area contributed by atoms with Gasteiger partial charge in [-0.25, -0.2) is 0 Å². The number of piperazine rings is 1. The number of Topliss-reactive ketones (excluding diaryl/α,β-unsaturated/α-hetero) is 1. The summed E-state index contributed by atoms with van der Waals surface area (Å²) >= 11 is 13.4. The van der Waals surface area contributed by atoms with Crippen molar-refractivity contribution < 1.29 is 19.2 Å². The zero-order chi connectivity index (χ0) is 28.1. The fourth-order valence-electron chi connectivity index (χ4n) is 4.46. The van der Waals surface area contributed by atoms with Crippen molar-refractivity contribution in [1.82, 2.24) is 15.2 Å². The molecule has 0 aliphatic carbocycles. The quantitative estimate of drug-likeness (QED) is 0.373. The van der Waals surface area contributed by atoms with E-state index in [9.17, 15) is 19.2 Å². The number of hydrogen-bond donors (Lipinski definition) is 3. The van der Waals surface area contributed by atoms with Crippen LogP contribution in [0.2, 0.25) is 10.0 Å². The lowest BCUT2D eigenvalue weighted by Crippen LogP contribution is -2.43. The second-order valence-electron chi connectivity index (χ2n) is 9.10. The van der Waals surface area contributed by atoms with E-state index in [2.05, 4.69) is 20.9 Å². The molecule has 2 aromatic carbocycles. The molecule has 0 spiro atoms. The number of anilines is 2. The monoisotopic (exact) mass is 589 g/mol. The molecule has 3 aromatic rings. The fraction of sp³-hybridized carbons (Fsp3) is 0.333. The minimum absolute atomic E-state index is 0.0765. The highest BCUT2D eigenvalue weighted by molar-refractivity contribution is 8.15. The average molecular weight is 591 g/mol. The van der Waals surface area contributed by atoms with E-state index in [0.717, 1.165) is 54.5 Å². The first-order chi connectivity index (χ1) is 18.7. The van der Waals surface area contributed by atoms with E-state index in [1.54, 1.807) is 12.1 Å². The molecule has 5 rings (SSSR count). The van der Waals surface area contributed by atoms with Crippen LogP contribution in [-0.2, 0) is 16.1 Å². The Kier molecular flexibility index (Phi) is 9.55. The van der Waals surface area contributed by atoms with Crippen LogP contribution in [0.25, 0.3) is 10.9 Å². The average Bonchev–Trinajstić information content (AvgIpc) is 3.46. The van der Waals surface area contributed by atoms with Crippen molar-refractivity contribution in [3.8, 4) is 0 Å². The first-order valence-electron chi connectivity index (χ1n) is 12.5. The molecular weight excluding hydrogens is 561 g/mol. The Hall–Kier alpha value is -3.05. The van der Waals surface area contributed by atoms with Gasteiger partial charge >= 0.3 is 0 Å². The van der Waals surface area contributed by atoms with Crippen LogP contribution < -0.4 is 20.9 Å². The van der Waals surface area contributed by atoms with Crippen LogP contribution >= 0.6 is 35.0 Å². The molecule has 2 aliphatic rings. The highest BCUT2D eigenvalue weighted by atomic mass is 35.5. The maximum Gasteiger partial charge on any atom is 0.286 e. The predicted octanol–water partition coefficient (Wildman–Crippen LogP) is 4.95. The summed E-state index contributed by atoms with van der Waals surface area (Å²) in [5, 5.41) is 9.33. The molecule has 0 radical (unpaired) electrons. The lowest BCUT2D eigenvalue weighted by atomic mass is 10.2. The molecule has 1 aromatic heterocycles. The minimum Gasteiger partial charge on any atom is -0.369 e. The highest BCUT2D eigenvalue weighted by Gasteiger charge is 2.32. The van der Waals surface area contributed by atoms with Gasteiger partial charge in [-0.3, -0.25) is 24.5 Å². The molecule has 3 heterocycles. The Morgan fingerprint density at radius 1 is 1.08 bits per heavy atom. The Morgan fingerprint density at radius 2 is 1.77 bits per heavy atom.